The zero-order valence-corrected chi connectivity index (χ0v) is 16.1. The molecule has 1 atom stereocenters. The Hall–Kier alpha value is -3.23. The number of benzene rings is 2. The molecule has 2 aromatic rings. The van der Waals surface area contributed by atoms with E-state index < -0.39 is 23.7 Å². The van der Waals surface area contributed by atoms with Crippen molar-refractivity contribution in [1.29, 1.82) is 0 Å². The van der Waals surface area contributed by atoms with Gasteiger partial charge < -0.3 is 20.1 Å². The molecule has 0 aromatic heterocycles. The summed E-state index contributed by atoms with van der Waals surface area (Å²) in [6.45, 7) is 2.64. The number of aryl methyl sites for hydroxylation is 1. The lowest BCUT2D eigenvalue weighted by Crippen LogP contribution is -2.69. The zero-order chi connectivity index (χ0) is 21.7. The van der Waals surface area contributed by atoms with Crippen LogP contribution in [0.5, 0.6) is 5.75 Å². The Bertz CT molecular complexity index is 869. The molecule has 156 valence electrons. The Morgan fingerprint density at radius 3 is 2.17 bits per heavy atom. The fraction of sp³-hybridized carbons (Fsp3) is 0.300. The number of rotatable bonds is 7. The lowest BCUT2D eigenvalue weighted by Gasteiger charge is -2.35. The minimum atomic E-state index is -5.20. The van der Waals surface area contributed by atoms with Crippen LogP contribution in [0.25, 0.3) is 0 Å². The van der Waals surface area contributed by atoms with Crippen molar-refractivity contribution in [2.45, 2.75) is 25.7 Å². The molecule has 0 bridgehead atoms. The molecule has 0 radical (unpaired) electrons. The van der Waals surface area contributed by atoms with Gasteiger partial charge in [0.15, 0.2) is 0 Å². The molecule has 0 fully saturated rings. The number of methoxy groups -OCH3 is 1. The van der Waals surface area contributed by atoms with Crippen molar-refractivity contribution in [3.8, 4) is 5.75 Å². The fourth-order valence-electron chi connectivity index (χ4n) is 2.53. The highest BCUT2D eigenvalue weighted by molar-refractivity contribution is 5.99. The highest BCUT2D eigenvalue weighted by Gasteiger charge is 2.63. The Balaban J connectivity index is 2.50. The van der Waals surface area contributed by atoms with Crippen LogP contribution in [-0.2, 0) is 9.53 Å². The van der Waals surface area contributed by atoms with Crippen LogP contribution in [-0.4, -0.2) is 37.4 Å². The van der Waals surface area contributed by atoms with E-state index in [1.165, 1.54) is 50.4 Å². The van der Waals surface area contributed by atoms with Crippen molar-refractivity contribution in [3.63, 3.8) is 0 Å². The first kappa shape index (κ1) is 22.1. The van der Waals surface area contributed by atoms with Gasteiger partial charge in [0.2, 0.25) is 0 Å². The predicted octanol–water partition coefficient (Wildman–Crippen LogP) is 3.67. The lowest BCUT2D eigenvalue weighted by molar-refractivity contribution is -0.204. The van der Waals surface area contributed by atoms with E-state index in [-0.39, 0.29) is 17.9 Å². The standard InChI is InChI=1S/C20H21F3N2O4/c1-4-29-18(27)19(20(21,22)23,24-16-8-6-5-7-13(16)2)25-17(26)14-9-11-15(28-3)12-10-14/h5-12,24H,4H2,1-3H3,(H,25,26)/t19-/m0/s1. The number of ether oxygens (including phenoxy) is 2. The quantitative estimate of drug-likeness (QED) is 0.538. The maximum absolute atomic E-state index is 14.2. The molecular weight excluding hydrogens is 389 g/mol. The highest BCUT2D eigenvalue weighted by Crippen LogP contribution is 2.34. The van der Waals surface area contributed by atoms with Gasteiger partial charge in [-0.2, -0.15) is 13.2 Å². The van der Waals surface area contributed by atoms with Crippen molar-refractivity contribution in [3.05, 3.63) is 59.7 Å². The number of alkyl halides is 3. The number of carbonyl (C=O) groups is 2. The summed E-state index contributed by atoms with van der Waals surface area (Å²) in [6.07, 6.45) is -5.20. The van der Waals surface area contributed by atoms with Crippen LogP contribution in [0.15, 0.2) is 48.5 Å². The minimum absolute atomic E-state index is 0.0212. The van der Waals surface area contributed by atoms with E-state index in [4.69, 9.17) is 4.74 Å². The van der Waals surface area contributed by atoms with Gasteiger partial charge in [-0.1, -0.05) is 18.2 Å². The van der Waals surface area contributed by atoms with Crippen molar-refractivity contribution < 1.29 is 32.2 Å². The third kappa shape index (κ3) is 4.79. The number of nitrogens with one attached hydrogen (secondary N) is 2. The number of para-hydroxylation sites is 1. The van der Waals surface area contributed by atoms with Gasteiger partial charge in [-0.25, -0.2) is 4.79 Å². The van der Waals surface area contributed by atoms with Crippen LogP contribution in [0.1, 0.15) is 22.8 Å². The summed E-state index contributed by atoms with van der Waals surface area (Å²) in [5, 5.41) is 3.95. The Morgan fingerprint density at radius 2 is 1.66 bits per heavy atom. The normalized spacial score (nSPS) is 13.2. The van der Waals surface area contributed by atoms with E-state index in [1.807, 2.05) is 0 Å². The van der Waals surface area contributed by atoms with E-state index in [0.29, 0.717) is 11.3 Å². The lowest BCUT2D eigenvalue weighted by atomic mass is 10.1. The molecule has 2 N–H and O–H groups in total. The average Bonchev–Trinajstić information content (AvgIpc) is 2.68. The second-order valence-electron chi connectivity index (χ2n) is 6.09. The summed E-state index contributed by atoms with van der Waals surface area (Å²) >= 11 is 0. The van der Waals surface area contributed by atoms with Gasteiger partial charge in [0, 0.05) is 11.3 Å². The van der Waals surface area contributed by atoms with Crippen LogP contribution in [0.4, 0.5) is 18.9 Å². The van der Waals surface area contributed by atoms with E-state index in [2.05, 4.69) is 10.1 Å². The molecule has 0 aliphatic heterocycles. The van der Waals surface area contributed by atoms with Crippen LogP contribution >= 0.6 is 0 Å². The molecule has 1 amide bonds. The second-order valence-corrected chi connectivity index (χ2v) is 6.09. The molecule has 6 nitrogen and oxygen atoms in total. The molecule has 0 spiro atoms. The Kier molecular flexibility index (Phi) is 6.73. The summed E-state index contributed by atoms with van der Waals surface area (Å²) in [5.74, 6) is -2.36. The maximum Gasteiger partial charge on any atom is 0.441 e. The molecule has 2 rings (SSSR count). The Labute approximate surface area is 166 Å². The van der Waals surface area contributed by atoms with Crippen molar-refractivity contribution in [2.75, 3.05) is 19.0 Å². The van der Waals surface area contributed by atoms with E-state index in [0.717, 1.165) is 0 Å². The van der Waals surface area contributed by atoms with Gasteiger partial charge in [0.05, 0.1) is 13.7 Å². The van der Waals surface area contributed by atoms with E-state index in [9.17, 15) is 22.8 Å². The number of esters is 1. The van der Waals surface area contributed by atoms with Gasteiger partial charge in [-0.05, 0) is 49.7 Å². The van der Waals surface area contributed by atoms with Crippen LogP contribution in [0.3, 0.4) is 0 Å². The average molecular weight is 410 g/mol. The number of carbonyl (C=O) groups excluding carboxylic acids is 2. The third-order valence-electron chi connectivity index (χ3n) is 4.13. The minimum Gasteiger partial charge on any atom is -0.497 e. The molecule has 0 saturated heterocycles. The topological polar surface area (TPSA) is 76.7 Å². The van der Waals surface area contributed by atoms with Crippen LogP contribution in [0, 0.1) is 6.92 Å². The van der Waals surface area contributed by atoms with Crippen molar-refractivity contribution in [1.82, 2.24) is 5.32 Å². The SMILES string of the molecule is CCOC(=O)[C@@](NC(=O)c1ccc(OC)cc1)(Nc1ccccc1C)C(F)(F)F. The third-order valence-corrected chi connectivity index (χ3v) is 4.13. The molecular formula is C20H21F3N2O4. The van der Waals surface area contributed by atoms with Gasteiger partial charge in [0.1, 0.15) is 5.75 Å². The number of anilines is 1. The first-order valence-electron chi connectivity index (χ1n) is 8.69. The predicted molar refractivity (Wildman–Crippen MR) is 101 cm³/mol. The van der Waals surface area contributed by atoms with Gasteiger partial charge >= 0.3 is 17.8 Å². The molecule has 0 unspecified atom stereocenters. The number of hydrogen-bond acceptors (Lipinski definition) is 5. The summed E-state index contributed by atoms with van der Waals surface area (Å²) < 4.78 is 52.1. The second kappa shape index (κ2) is 8.85. The number of halogens is 3. The molecule has 0 aliphatic carbocycles. The molecule has 2 aromatic carbocycles. The highest BCUT2D eigenvalue weighted by atomic mass is 19.4. The monoisotopic (exact) mass is 410 g/mol. The van der Waals surface area contributed by atoms with Gasteiger partial charge in [0.25, 0.3) is 5.91 Å². The van der Waals surface area contributed by atoms with Crippen molar-refractivity contribution in [2.24, 2.45) is 0 Å². The number of amides is 1. The number of hydrogen-bond donors (Lipinski definition) is 2. The first-order chi connectivity index (χ1) is 13.6. The zero-order valence-electron chi connectivity index (χ0n) is 16.1. The summed E-state index contributed by atoms with van der Waals surface area (Å²) in [5.41, 5.74) is -3.10. The largest absolute Gasteiger partial charge is 0.497 e. The van der Waals surface area contributed by atoms with Crippen molar-refractivity contribution >= 4 is 17.6 Å². The van der Waals surface area contributed by atoms with Gasteiger partial charge in [-0.3, -0.25) is 4.79 Å². The van der Waals surface area contributed by atoms with E-state index in [1.54, 1.807) is 24.4 Å². The van der Waals surface area contributed by atoms with Crippen LogP contribution < -0.4 is 15.4 Å². The Morgan fingerprint density at radius 1 is 1.03 bits per heavy atom. The van der Waals surface area contributed by atoms with Crippen LogP contribution in [0.2, 0.25) is 0 Å². The summed E-state index contributed by atoms with van der Waals surface area (Å²) in [6, 6.07) is 11.5. The fourth-order valence-corrected chi connectivity index (χ4v) is 2.53. The summed E-state index contributed by atoms with van der Waals surface area (Å²) in [7, 11) is 1.41. The smallest absolute Gasteiger partial charge is 0.441 e. The summed E-state index contributed by atoms with van der Waals surface area (Å²) in [4.78, 5) is 25.0. The first-order valence-corrected chi connectivity index (χ1v) is 8.69. The molecule has 9 heteroatoms. The van der Waals surface area contributed by atoms with Gasteiger partial charge in [-0.15, -0.1) is 0 Å². The maximum atomic E-state index is 14.2. The molecule has 0 aliphatic rings. The van der Waals surface area contributed by atoms with E-state index >= 15 is 0 Å². The molecule has 0 heterocycles. The molecule has 0 saturated carbocycles. The molecule has 29 heavy (non-hydrogen) atoms.